The lowest BCUT2D eigenvalue weighted by Gasteiger charge is -2.59. The maximum Gasteiger partial charge on any atom is 0.292 e. The fourth-order valence-corrected chi connectivity index (χ4v) is 9.81. The van der Waals surface area contributed by atoms with Gasteiger partial charge in [-0.1, -0.05) is 6.07 Å². The molecule has 4 aliphatic carbocycles. The average Bonchev–Trinajstić information content (AvgIpc) is 2.89. The zero-order chi connectivity index (χ0) is 27.5. The predicted molar refractivity (Wildman–Crippen MR) is 154 cm³/mol. The standard InChI is InChI=1S/C30H40N4O4S/c1-20-4-6-27(12-21(20)2)39(37,38)33-10-8-32(9-11-33)26-5-7-29(34(35)36)28(16-26)31-22(3)30-17-23-13-24(18-30)15-25(14-23)19-30/h4-7,12,16,22-25,31H,8-11,13-15,17-19H2,1-3H3/t22-,23?,24?,25?,30?/m0/s1. The minimum Gasteiger partial charge on any atom is -0.376 e. The van der Waals surface area contributed by atoms with Crippen LogP contribution in [0.4, 0.5) is 17.1 Å². The Kier molecular flexibility index (Phi) is 6.65. The number of rotatable bonds is 7. The van der Waals surface area contributed by atoms with Crippen LogP contribution in [0.15, 0.2) is 41.3 Å². The van der Waals surface area contributed by atoms with E-state index < -0.39 is 10.0 Å². The normalized spacial score (nSPS) is 29.4. The van der Waals surface area contributed by atoms with Gasteiger partial charge in [-0.15, -0.1) is 0 Å². The number of hydrogen-bond donors (Lipinski definition) is 1. The summed E-state index contributed by atoms with van der Waals surface area (Å²) >= 11 is 0. The third-order valence-corrected chi connectivity index (χ3v) is 12.2. The lowest BCUT2D eigenvalue weighted by Crippen LogP contribution is -2.53. The van der Waals surface area contributed by atoms with Crippen LogP contribution in [0.2, 0.25) is 0 Å². The Hall–Kier alpha value is -2.65. The molecule has 5 fully saturated rings. The number of benzene rings is 2. The Morgan fingerprint density at radius 3 is 2.10 bits per heavy atom. The minimum absolute atomic E-state index is 0.103. The van der Waals surface area contributed by atoms with E-state index >= 15 is 0 Å². The molecule has 2 aromatic carbocycles. The highest BCUT2D eigenvalue weighted by Crippen LogP contribution is 2.61. The largest absolute Gasteiger partial charge is 0.376 e. The number of nitro groups is 1. The second kappa shape index (κ2) is 9.77. The van der Waals surface area contributed by atoms with E-state index in [-0.39, 0.29) is 22.1 Å². The fraction of sp³-hybridized carbons (Fsp3) is 0.600. The van der Waals surface area contributed by atoms with Crippen molar-refractivity contribution in [2.45, 2.75) is 70.2 Å². The van der Waals surface area contributed by atoms with Crippen LogP contribution in [-0.4, -0.2) is 49.9 Å². The number of nitrogens with zero attached hydrogens (tertiary/aromatic N) is 3. The molecule has 1 aliphatic heterocycles. The highest BCUT2D eigenvalue weighted by molar-refractivity contribution is 7.89. The van der Waals surface area contributed by atoms with Crippen molar-refractivity contribution < 1.29 is 13.3 Å². The molecule has 4 bridgehead atoms. The van der Waals surface area contributed by atoms with Crippen molar-refractivity contribution in [3.63, 3.8) is 0 Å². The molecule has 5 aliphatic rings. The van der Waals surface area contributed by atoms with Gasteiger partial charge in [0, 0.05) is 44.0 Å². The molecule has 0 spiro atoms. The molecule has 9 heteroatoms. The summed E-state index contributed by atoms with van der Waals surface area (Å²) in [6.07, 6.45) is 7.80. The number of nitro benzene ring substituents is 1. The Morgan fingerprint density at radius 2 is 1.54 bits per heavy atom. The van der Waals surface area contributed by atoms with E-state index in [1.165, 1.54) is 38.5 Å². The average molecular weight is 553 g/mol. The van der Waals surface area contributed by atoms with Gasteiger partial charge in [-0.25, -0.2) is 8.42 Å². The lowest BCUT2D eigenvalue weighted by atomic mass is 9.48. The van der Waals surface area contributed by atoms with Crippen molar-refractivity contribution in [2.75, 3.05) is 36.4 Å². The molecule has 2 aromatic rings. The van der Waals surface area contributed by atoms with E-state index in [4.69, 9.17) is 0 Å². The van der Waals surface area contributed by atoms with Crippen LogP contribution < -0.4 is 10.2 Å². The first-order valence-corrected chi connectivity index (χ1v) is 15.9. The summed E-state index contributed by atoms with van der Waals surface area (Å²) in [4.78, 5) is 14.1. The number of piperazine rings is 1. The van der Waals surface area contributed by atoms with Gasteiger partial charge in [-0.05, 0) is 118 Å². The molecular formula is C30H40N4O4S. The Morgan fingerprint density at radius 1 is 0.923 bits per heavy atom. The maximum absolute atomic E-state index is 13.3. The van der Waals surface area contributed by atoms with E-state index in [1.807, 2.05) is 26.0 Å². The molecule has 1 N–H and O–H groups in total. The van der Waals surface area contributed by atoms with Crippen molar-refractivity contribution >= 4 is 27.1 Å². The molecule has 210 valence electrons. The summed E-state index contributed by atoms with van der Waals surface area (Å²) in [5.41, 5.74) is 3.83. The van der Waals surface area contributed by atoms with Crippen molar-refractivity contribution in [1.29, 1.82) is 0 Å². The monoisotopic (exact) mass is 552 g/mol. The summed E-state index contributed by atoms with van der Waals surface area (Å²) in [6, 6.07) is 10.8. The number of aryl methyl sites for hydroxylation is 2. The van der Waals surface area contributed by atoms with Crippen LogP contribution in [0, 0.1) is 47.1 Å². The molecule has 0 unspecified atom stereocenters. The molecule has 0 amide bonds. The Labute approximate surface area is 232 Å². The van der Waals surface area contributed by atoms with E-state index in [1.54, 1.807) is 28.6 Å². The number of nitrogens with one attached hydrogen (secondary N) is 1. The molecule has 39 heavy (non-hydrogen) atoms. The summed E-state index contributed by atoms with van der Waals surface area (Å²) in [7, 11) is -3.57. The van der Waals surface area contributed by atoms with E-state index in [9.17, 15) is 18.5 Å². The SMILES string of the molecule is Cc1ccc(S(=O)(=O)N2CCN(c3ccc([N+](=O)[O-])c(N[C@@H](C)C45CC6CC(CC(C6)C4)C5)c3)CC2)cc1C. The van der Waals surface area contributed by atoms with Gasteiger partial charge in [0.2, 0.25) is 10.0 Å². The third kappa shape index (κ3) is 4.82. The summed E-state index contributed by atoms with van der Waals surface area (Å²) in [5.74, 6) is 2.45. The zero-order valence-corrected chi connectivity index (χ0v) is 24.0. The van der Waals surface area contributed by atoms with Crippen LogP contribution in [0.25, 0.3) is 0 Å². The van der Waals surface area contributed by atoms with Gasteiger partial charge in [0.25, 0.3) is 5.69 Å². The summed E-state index contributed by atoms with van der Waals surface area (Å²) < 4.78 is 28.1. The summed E-state index contributed by atoms with van der Waals surface area (Å²) in [5, 5.41) is 15.6. The first kappa shape index (κ1) is 26.6. The van der Waals surface area contributed by atoms with E-state index in [0.29, 0.717) is 36.8 Å². The third-order valence-electron chi connectivity index (χ3n) is 10.3. The van der Waals surface area contributed by atoms with E-state index in [2.05, 4.69) is 17.1 Å². The maximum atomic E-state index is 13.3. The van der Waals surface area contributed by atoms with Gasteiger partial charge in [0.05, 0.1) is 9.82 Å². The van der Waals surface area contributed by atoms with Crippen LogP contribution >= 0.6 is 0 Å². The van der Waals surface area contributed by atoms with Crippen molar-refractivity contribution in [1.82, 2.24) is 4.31 Å². The molecule has 1 atom stereocenters. The number of hydrogen-bond acceptors (Lipinski definition) is 6. The van der Waals surface area contributed by atoms with Gasteiger partial charge >= 0.3 is 0 Å². The highest BCUT2D eigenvalue weighted by atomic mass is 32.2. The van der Waals surface area contributed by atoms with Gasteiger partial charge < -0.3 is 10.2 Å². The first-order valence-electron chi connectivity index (χ1n) is 14.4. The van der Waals surface area contributed by atoms with Crippen LogP contribution in [-0.2, 0) is 10.0 Å². The van der Waals surface area contributed by atoms with E-state index in [0.717, 1.165) is 34.6 Å². The van der Waals surface area contributed by atoms with Crippen LogP contribution in [0.3, 0.4) is 0 Å². The second-order valence-corrected chi connectivity index (χ2v) is 14.7. The van der Waals surface area contributed by atoms with Crippen LogP contribution in [0.5, 0.6) is 0 Å². The molecular weight excluding hydrogens is 512 g/mol. The molecule has 1 saturated heterocycles. The van der Waals surface area contributed by atoms with Crippen molar-refractivity contribution in [2.24, 2.45) is 23.2 Å². The quantitative estimate of drug-likeness (QED) is 0.348. The molecule has 4 saturated carbocycles. The molecule has 0 radical (unpaired) electrons. The topological polar surface area (TPSA) is 95.8 Å². The van der Waals surface area contributed by atoms with Crippen molar-refractivity contribution in [3.8, 4) is 0 Å². The van der Waals surface area contributed by atoms with Crippen molar-refractivity contribution in [3.05, 3.63) is 57.6 Å². The zero-order valence-electron chi connectivity index (χ0n) is 23.2. The predicted octanol–water partition coefficient (Wildman–Crippen LogP) is 5.74. The molecule has 0 aromatic heterocycles. The molecule has 8 nitrogen and oxygen atoms in total. The van der Waals surface area contributed by atoms with Crippen LogP contribution in [0.1, 0.15) is 56.6 Å². The Balaban J connectivity index is 1.18. The molecule has 1 heterocycles. The number of anilines is 2. The highest BCUT2D eigenvalue weighted by Gasteiger charge is 2.53. The fourth-order valence-electron chi connectivity index (χ4n) is 8.30. The number of sulfonamides is 1. The minimum atomic E-state index is -3.57. The van der Waals surface area contributed by atoms with Gasteiger partial charge in [0.15, 0.2) is 0 Å². The van der Waals surface area contributed by atoms with Gasteiger partial charge in [-0.3, -0.25) is 10.1 Å². The first-order chi connectivity index (χ1) is 18.5. The second-order valence-electron chi connectivity index (χ2n) is 12.7. The smallest absolute Gasteiger partial charge is 0.292 e. The lowest BCUT2D eigenvalue weighted by molar-refractivity contribution is -0.384. The van der Waals surface area contributed by atoms with Gasteiger partial charge in [0.1, 0.15) is 5.69 Å². The summed E-state index contributed by atoms with van der Waals surface area (Å²) in [6.45, 7) is 7.94. The Bertz CT molecular complexity index is 1350. The van der Waals surface area contributed by atoms with Gasteiger partial charge in [-0.2, -0.15) is 4.31 Å². The molecule has 7 rings (SSSR count).